The zero-order chi connectivity index (χ0) is 14.9. The molecule has 6 heteroatoms. The van der Waals surface area contributed by atoms with E-state index < -0.39 is 17.9 Å². The maximum absolute atomic E-state index is 11.5. The van der Waals surface area contributed by atoms with E-state index in [4.69, 9.17) is 17.3 Å². The second kappa shape index (κ2) is 5.71. The van der Waals surface area contributed by atoms with Crippen LogP contribution < -0.4 is 10.6 Å². The van der Waals surface area contributed by atoms with Crippen molar-refractivity contribution < 1.29 is 14.7 Å². The molecule has 1 fully saturated rings. The van der Waals surface area contributed by atoms with Crippen LogP contribution in [0.2, 0.25) is 5.02 Å². The highest BCUT2D eigenvalue weighted by molar-refractivity contribution is 6.33. The van der Waals surface area contributed by atoms with Crippen molar-refractivity contribution in [3.63, 3.8) is 0 Å². The number of nitrogens with two attached hydrogens (primary N) is 1. The van der Waals surface area contributed by atoms with Crippen molar-refractivity contribution in [1.82, 2.24) is 0 Å². The van der Waals surface area contributed by atoms with E-state index in [0.717, 1.165) is 12.8 Å². The van der Waals surface area contributed by atoms with Crippen molar-refractivity contribution in [3.05, 3.63) is 28.8 Å². The van der Waals surface area contributed by atoms with E-state index in [9.17, 15) is 14.7 Å². The monoisotopic (exact) mass is 296 g/mol. The van der Waals surface area contributed by atoms with Crippen molar-refractivity contribution >= 4 is 29.2 Å². The molecule has 108 valence electrons. The van der Waals surface area contributed by atoms with Crippen molar-refractivity contribution in [2.75, 3.05) is 11.4 Å². The van der Waals surface area contributed by atoms with Gasteiger partial charge in [0.15, 0.2) is 0 Å². The van der Waals surface area contributed by atoms with Gasteiger partial charge < -0.3 is 15.7 Å². The van der Waals surface area contributed by atoms with Gasteiger partial charge in [-0.2, -0.15) is 0 Å². The van der Waals surface area contributed by atoms with Gasteiger partial charge in [0.2, 0.25) is 5.91 Å². The number of hydrogen-bond acceptors (Lipinski definition) is 3. The minimum Gasteiger partial charge on any atom is -0.480 e. The Balaban J connectivity index is 2.38. The van der Waals surface area contributed by atoms with Gasteiger partial charge in [-0.05, 0) is 37.0 Å². The van der Waals surface area contributed by atoms with Crippen LogP contribution in [0.25, 0.3) is 0 Å². The third-order valence-electron chi connectivity index (χ3n) is 3.73. The largest absolute Gasteiger partial charge is 0.480 e. The molecule has 0 aromatic heterocycles. The summed E-state index contributed by atoms with van der Waals surface area (Å²) in [5.74, 6) is -1.36. The summed E-state index contributed by atoms with van der Waals surface area (Å²) < 4.78 is 0. The average Bonchev–Trinajstić information content (AvgIpc) is 2.37. The molecule has 1 aliphatic heterocycles. The standard InChI is InChI=1S/C14H17ClN2O3/c1-8-3-2-6-17(12(8)14(19)20)11-5-4-9(13(16)18)7-10(11)15/h4-5,7-8,12H,2-3,6H2,1H3,(H2,16,18)(H,19,20). The summed E-state index contributed by atoms with van der Waals surface area (Å²) in [6.07, 6.45) is 1.79. The fourth-order valence-corrected chi connectivity index (χ4v) is 3.02. The molecular formula is C14H17ClN2O3. The molecule has 3 N–H and O–H groups in total. The summed E-state index contributed by atoms with van der Waals surface area (Å²) in [5, 5.41) is 9.76. The van der Waals surface area contributed by atoms with Crippen molar-refractivity contribution in [2.24, 2.45) is 11.7 Å². The quantitative estimate of drug-likeness (QED) is 0.895. The summed E-state index contributed by atoms with van der Waals surface area (Å²) in [6.45, 7) is 2.56. The van der Waals surface area contributed by atoms with Crippen LogP contribution in [0.5, 0.6) is 0 Å². The molecule has 5 nitrogen and oxygen atoms in total. The number of anilines is 1. The van der Waals surface area contributed by atoms with Crippen LogP contribution in [-0.2, 0) is 4.79 Å². The van der Waals surface area contributed by atoms with Gasteiger partial charge in [0.25, 0.3) is 0 Å². The van der Waals surface area contributed by atoms with E-state index in [1.165, 1.54) is 6.07 Å². The van der Waals surface area contributed by atoms with Crippen LogP contribution in [0.4, 0.5) is 5.69 Å². The first-order valence-electron chi connectivity index (χ1n) is 6.50. The fourth-order valence-electron chi connectivity index (χ4n) is 2.73. The van der Waals surface area contributed by atoms with Crippen LogP contribution in [0, 0.1) is 5.92 Å². The minimum absolute atomic E-state index is 0.0492. The Morgan fingerprint density at radius 3 is 2.70 bits per heavy atom. The molecule has 1 heterocycles. The topological polar surface area (TPSA) is 83.6 Å². The number of benzene rings is 1. The Kier molecular flexibility index (Phi) is 4.18. The van der Waals surface area contributed by atoms with E-state index >= 15 is 0 Å². The van der Waals surface area contributed by atoms with E-state index in [1.54, 1.807) is 17.0 Å². The summed E-state index contributed by atoms with van der Waals surface area (Å²) >= 11 is 6.18. The molecule has 0 spiro atoms. The van der Waals surface area contributed by atoms with Gasteiger partial charge in [-0.1, -0.05) is 18.5 Å². The maximum Gasteiger partial charge on any atom is 0.326 e. The molecule has 1 aromatic carbocycles. The molecule has 2 atom stereocenters. The van der Waals surface area contributed by atoms with E-state index in [-0.39, 0.29) is 5.92 Å². The van der Waals surface area contributed by atoms with Gasteiger partial charge in [-0.15, -0.1) is 0 Å². The summed E-state index contributed by atoms with van der Waals surface area (Å²) in [4.78, 5) is 24.4. The van der Waals surface area contributed by atoms with Crippen molar-refractivity contribution in [1.29, 1.82) is 0 Å². The summed E-state index contributed by atoms with van der Waals surface area (Å²) in [7, 11) is 0. The second-order valence-electron chi connectivity index (χ2n) is 5.13. The highest BCUT2D eigenvalue weighted by atomic mass is 35.5. The second-order valence-corrected chi connectivity index (χ2v) is 5.53. The van der Waals surface area contributed by atoms with Gasteiger partial charge in [0, 0.05) is 12.1 Å². The Morgan fingerprint density at radius 1 is 1.45 bits per heavy atom. The number of aliphatic carboxylic acids is 1. The summed E-state index contributed by atoms with van der Waals surface area (Å²) in [5.41, 5.74) is 6.15. The SMILES string of the molecule is CC1CCCN(c2ccc(C(N)=O)cc2Cl)C1C(=O)O. The Morgan fingerprint density at radius 2 is 2.15 bits per heavy atom. The third-order valence-corrected chi connectivity index (χ3v) is 4.03. The molecule has 0 radical (unpaired) electrons. The van der Waals surface area contributed by atoms with Gasteiger partial charge in [-0.25, -0.2) is 4.79 Å². The first kappa shape index (κ1) is 14.7. The Labute approximate surface area is 122 Å². The molecule has 1 aromatic rings. The lowest BCUT2D eigenvalue weighted by molar-refractivity contribution is -0.140. The average molecular weight is 297 g/mol. The molecule has 1 saturated heterocycles. The molecular weight excluding hydrogens is 280 g/mol. The lowest BCUT2D eigenvalue weighted by Crippen LogP contribution is -2.49. The molecule has 2 unspecified atom stereocenters. The number of halogens is 1. The molecule has 0 aliphatic carbocycles. The van der Waals surface area contributed by atoms with Gasteiger partial charge in [-0.3, -0.25) is 4.79 Å². The highest BCUT2D eigenvalue weighted by Gasteiger charge is 2.35. The number of amides is 1. The molecule has 1 aliphatic rings. The zero-order valence-electron chi connectivity index (χ0n) is 11.2. The number of nitrogens with zero attached hydrogens (tertiary/aromatic N) is 1. The predicted octanol–water partition coefficient (Wildman–Crippen LogP) is 2.13. The lowest BCUT2D eigenvalue weighted by atomic mass is 9.90. The fraction of sp³-hybridized carbons (Fsp3) is 0.429. The predicted molar refractivity (Wildman–Crippen MR) is 77.1 cm³/mol. The van der Waals surface area contributed by atoms with E-state index in [2.05, 4.69) is 0 Å². The van der Waals surface area contributed by atoms with Gasteiger partial charge in [0.05, 0.1) is 10.7 Å². The third kappa shape index (κ3) is 2.72. The summed E-state index contributed by atoms with van der Waals surface area (Å²) in [6, 6.07) is 4.12. The number of carbonyl (C=O) groups is 2. The molecule has 1 amide bonds. The number of hydrogen-bond donors (Lipinski definition) is 2. The Bertz CT molecular complexity index is 547. The maximum atomic E-state index is 11.5. The van der Waals surface area contributed by atoms with Crippen molar-refractivity contribution in [3.8, 4) is 0 Å². The number of primary amides is 1. The normalized spacial score (nSPS) is 22.6. The molecule has 0 saturated carbocycles. The van der Waals surface area contributed by atoms with Crippen LogP contribution in [-0.4, -0.2) is 29.6 Å². The van der Waals surface area contributed by atoms with Gasteiger partial charge in [0.1, 0.15) is 6.04 Å². The molecule has 20 heavy (non-hydrogen) atoms. The van der Waals surface area contributed by atoms with E-state index in [1.807, 2.05) is 6.92 Å². The highest BCUT2D eigenvalue weighted by Crippen LogP contribution is 2.34. The number of carboxylic acid groups (broad SMARTS) is 1. The van der Waals surface area contributed by atoms with Gasteiger partial charge >= 0.3 is 5.97 Å². The Hall–Kier alpha value is -1.75. The smallest absolute Gasteiger partial charge is 0.326 e. The first-order chi connectivity index (χ1) is 9.41. The van der Waals surface area contributed by atoms with E-state index in [0.29, 0.717) is 22.8 Å². The number of piperidine rings is 1. The molecule has 0 bridgehead atoms. The van der Waals surface area contributed by atoms with Crippen LogP contribution in [0.1, 0.15) is 30.1 Å². The molecule has 2 rings (SSSR count). The zero-order valence-corrected chi connectivity index (χ0v) is 11.9. The van der Waals surface area contributed by atoms with Crippen molar-refractivity contribution in [2.45, 2.75) is 25.8 Å². The van der Waals surface area contributed by atoms with Crippen LogP contribution in [0.15, 0.2) is 18.2 Å². The number of carboxylic acids is 1. The minimum atomic E-state index is -0.854. The first-order valence-corrected chi connectivity index (χ1v) is 6.88. The lowest BCUT2D eigenvalue weighted by Gasteiger charge is -2.39. The number of carbonyl (C=O) groups excluding carboxylic acids is 1. The van der Waals surface area contributed by atoms with Crippen LogP contribution >= 0.6 is 11.6 Å². The van der Waals surface area contributed by atoms with Crippen LogP contribution in [0.3, 0.4) is 0 Å². The number of rotatable bonds is 3.